The summed E-state index contributed by atoms with van der Waals surface area (Å²) in [4.78, 5) is 128. The van der Waals surface area contributed by atoms with Crippen LogP contribution in [0.5, 0.6) is 93.0 Å². The van der Waals surface area contributed by atoms with Gasteiger partial charge >= 0.3 is 0 Å². The molecule has 140 heavy (non-hydrogen) atoms. The van der Waals surface area contributed by atoms with Gasteiger partial charge < -0.3 is 47.9 Å². The highest BCUT2D eigenvalue weighted by molar-refractivity contribution is 6.26. The minimum atomic E-state index is -0.735. The number of benzene rings is 6. The molecule has 12 aromatic rings. The number of aromatic nitrogens is 10. The number of fused-ring (bicyclic) bond motifs is 8. The molecule has 0 spiro atoms. The summed E-state index contributed by atoms with van der Waals surface area (Å²) in [7, 11) is 0. The lowest BCUT2D eigenvalue weighted by Gasteiger charge is -2.30. The molecular formula is C114H118N14O12. The average molecular weight is 1880 g/mol. The van der Waals surface area contributed by atoms with Crippen LogP contribution in [0, 0.1) is 27.7 Å². The first-order valence-electron chi connectivity index (χ1n) is 50.7. The summed E-state index contributed by atoms with van der Waals surface area (Å²) in [5, 5.41) is 0. The number of allylic oxidation sites excluding steroid dienone is 4. The van der Waals surface area contributed by atoms with Crippen LogP contribution in [0.15, 0.2) is 141 Å². The number of carbonyl (C=O) groups is 4. The minimum Gasteiger partial charge on any atom is -0.434 e. The van der Waals surface area contributed by atoms with Crippen molar-refractivity contribution in [1.29, 1.82) is 0 Å². The van der Waals surface area contributed by atoms with Gasteiger partial charge in [-0.2, -0.15) is 0 Å². The second kappa shape index (κ2) is 37.5. The SMILES string of the molecule is CCCCCCC1c2cc3c4cc2Oc2nc5c(nc2Oc2cc6c(cc21)C(CCCCCC)c1cc2c(cc1Oc1nc7ccccc7nc1O6)Oc1nc6c(nc1Oc1cc(c(cc1C2CCCCCC)C3CCCCCC)Oc1nc2ccccc2nc1O4)C(=O)N(C(=C1N=C(C)C(CC)=C1C)c1[nH]c(C)c(CC)c1C)C6=O)C(=O)N(C(=C1N=C(C)C(CC)=C1C)c1[nH]c(C)c(CC)c1C)C5=O. The highest BCUT2D eigenvalue weighted by atomic mass is 16.6. The van der Waals surface area contributed by atoms with Crippen LogP contribution in [0.3, 0.4) is 0 Å². The molecule has 0 saturated heterocycles. The van der Waals surface area contributed by atoms with Gasteiger partial charge in [0.15, 0.2) is 22.8 Å². The topological polar surface area (TPSA) is 308 Å². The fourth-order valence-electron chi connectivity index (χ4n) is 22.8. The molecule has 14 heterocycles. The third-order valence-electron chi connectivity index (χ3n) is 29.9. The van der Waals surface area contributed by atoms with Crippen LogP contribution in [0.4, 0.5) is 0 Å². The molecule has 716 valence electrons. The van der Waals surface area contributed by atoms with Crippen molar-refractivity contribution in [3.05, 3.63) is 243 Å². The lowest BCUT2D eigenvalue weighted by Crippen LogP contribution is -2.30. The van der Waals surface area contributed by atoms with Gasteiger partial charge in [0.05, 0.1) is 44.8 Å². The molecule has 6 aromatic heterocycles. The van der Waals surface area contributed by atoms with Gasteiger partial charge in [-0.3, -0.25) is 29.2 Å². The quantitative estimate of drug-likeness (QED) is 0.0340. The number of aliphatic imine (C=N–C) groups is 2. The largest absolute Gasteiger partial charge is 0.434 e. The van der Waals surface area contributed by atoms with E-state index in [1.54, 1.807) is 0 Å². The number of H-pyrrole nitrogens is 2. The van der Waals surface area contributed by atoms with Gasteiger partial charge in [-0.15, -0.1) is 0 Å². The van der Waals surface area contributed by atoms with Crippen LogP contribution in [-0.4, -0.2) is 94.7 Å². The summed E-state index contributed by atoms with van der Waals surface area (Å²) in [5.41, 5.74) is 20.6. The molecule has 0 atom stereocenters. The molecule has 0 saturated carbocycles. The summed E-state index contributed by atoms with van der Waals surface area (Å²) in [6.45, 7) is 33.1. The average Bonchev–Trinajstić information content (AvgIpc) is 1.50. The maximum Gasteiger partial charge on any atom is 0.286 e. The van der Waals surface area contributed by atoms with Gasteiger partial charge in [0, 0.05) is 115 Å². The molecule has 9 aliphatic rings. The maximum absolute atomic E-state index is 16.3. The van der Waals surface area contributed by atoms with E-state index in [0.717, 1.165) is 215 Å². The Balaban J connectivity index is 0.877. The fraction of sp³-hybridized carbons (Fsp3) is 0.386. The number of nitrogens with one attached hydrogen (secondary N) is 2. The Morgan fingerprint density at radius 2 is 0.536 bits per heavy atom. The molecule has 0 fully saturated rings. The van der Waals surface area contributed by atoms with Crippen LogP contribution >= 0.6 is 0 Å². The Morgan fingerprint density at radius 3 is 0.743 bits per heavy atom. The van der Waals surface area contributed by atoms with E-state index < -0.39 is 47.3 Å². The summed E-state index contributed by atoms with van der Waals surface area (Å²) in [5.74, 6) is -3.50. The molecule has 4 amide bonds. The molecule has 26 heteroatoms. The van der Waals surface area contributed by atoms with Crippen molar-refractivity contribution in [1.82, 2.24) is 59.6 Å². The van der Waals surface area contributed by atoms with E-state index in [0.29, 0.717) is 142 Å². The Kier molecular flexibility index (Phi) is 24.6. The molecule has 8 aliphatic heterocycles. The highest BCUT2D eigenvalue weighted by Gasteiger charge is 2.50. The number of rotatable bonds is 28. The minimum absolute atomic E-state index is 0.0263. The zero-order valence-electron chi connectivity index (χ0n) is 82.8. The standard InChI is InChI=1S/C114H118N14O12/c1-17-25-29-33-41-69-73-49-77-71(43-35-31-27-19-3)79-51-75-70(42-34-30-26-18-2)76-52-80-72(44-36-32-28-20-4)78-50-74(69)86-54-90(78)138-108-110(126-100-98(124-108)112(130)128(114(100)132)102(95-59(11)67(23-7)63(15)117-95)96-60(12)68(24-8)64(16)118-96)140-92(80)56-88(76)136-106-105(121-83-47-39-40-48-84(83)122-106)135-87(75)55-91(79)139-109-107(137-89(77)53-85(73)133-103-104(134-86)120-82-46-38-37-45-81(82)119-103)123-97-99(125-109)113(131)127(111(97)129)101(93-57(9)65(21-5)61(13)115-93)94-58(10)66(22-6)62(14)116-94/h37-40,45-56,69-72,115,117H,17-36,41-44H2,1-16H3. The summed E-state index contributed by atoms with van der Waals surface area (Å²) in [6.07, 6.45) is 19.1. The molecule has 21 rings (SSSR count). The van der Waals surface area contributed by atoms with Crippen molar-refractivity contribution in [3.63, 3.8) is 0 Å². The van der Waals surface area contributed by atoms with Gasteiger partial charge in [0.1, 0.15) is 57.4 Å². The number of para-hydroxylation sites is 4. The first kappa shape index (κ1) is 92.1. The smallest absolute Gasteiger partial charge is 0.286 e. The van der Waals surface area contributed by atoms with E-state index in [1.165, 1.54) is 9.80 Å². The summed E-state index contributed by atoms with van der Waals surface area (Å²) >= 11 is 0. The monoisotopic (exact) mass is 1870 g/mol. The number of amides is 4. The number of unbranched alkanes of at least 4 members (excludes halogenated alkanes) is 12. The van der Waals surface area contributed by atoms with Gasteiger partial charge in [-0.1, -0.05) is 182 Å². The van der Waals surface area contributed by atoms with Crippen molar-refractivity contribution in [3.8, 4) is 93.0 Å². The molecular weight excluding hydrogens is 1760 g/mol. The lowest BCUT2D eigenvalue weighted by molar-refractivity contribution is 0.0715. The zero-order chi connectivity index (χ0) is 97.1. The second-order valence-corrected chi connectivity index (χ2v) is 38.6. The van der Waals surface area contributed by atoms with Crippen LogP contribution in [0.25, 0.3) is 33.5 Å². The van der Waals surface area contributed by atoms with E-state index in [-0.39, 0.29) is 81.2 Å². The van der Waals surface area contributed by atoms with Crippen molar-refractivity contribution in [2.24, 2.45) is 9.98 Å². The predicted octanol–water partition coefficient (Wildman–Crippen LogP) is 28.8. The number of hydrogen-bond donors (Lipinski definition) is 2. The Morgan fingerprint density at radius 1 is 0.300 bits per heavy atom. The maximum atomic E-state index is 16.3. The predicted molar refractivity (Wildman–Crippen MR) is 538 cm³/mol. The molecule has 1 aliphatic carbocycles. The summed E-state index contributed by atoms with van der Waals surface area (Å²) in [6, 6.07) is 31.8. The van der Waals surface area contributed by atoms with Gasteiger partial charge in [0.2, 0.25) is 0 Å². The number of hydrogen-bond acceptors (Lipinski definition) is 22. The van der Waals surface area contributed by atoms with Crippen LogP contribution < -0.4 is 37.9 Å². The van der Waals surface area contributed by atoms with Crippen molar-refractivity contribution in [2.45, 2.75) is 289 Å². The third-order valence-corrected chi connectivity index (χ3v) is 29.9. The van der Waals surface area contributed by atoms with Crippen molar-refractivity contribution >= 4 is 68.5 Å². The van der Waals surface area contributed by atoms with Gasteiger partial charge in [-0.05, 0) is 200 Å². The molecule has 6 aromatic carbocycles. The van der Waals surface area contributed by atoms with E-state index >= 15 is 19.2 Å². The summed E-state index contributed by atoms with van der Waals surface area (Å²) < 4.78 is 61.4. The van der Waals surface area contributed by atoms with Crippen molar-refractivity contribution < 1.29 is 57.1 Å². The number of nitrogens with zero attached hydrogens (tertiary/aromatic N) is 12. The van der Waals surface area contributed by atoms with Crippen molar-refractivity contribution in [2.75, 3.05) is 0 Å². The Bertz CT molecular complexity index is 6720. The number of imide groups is 2. The van der Waals surface area contributed by atoms with Crippen LogP contribution in [0.1, 0.15) is 380 Å². The first-order valence-corrected chi connectivity index (χ1v) is 50.7. The molecule has 0 unspecified atom stereocenters. The normalized spacial score (nSPS) is 17.9. The molecule has 26 nitrogen and oxygen atoms in total. The van der Waals surface area contributed by atoms with Gasteiger partial charge in [0.25, 0.3) is 70.7 Å². The van der Waals surface area contributed by atoms with E-state index in [4.69, 9.17) is 87.8 Å². The van der Waals surface area contributed by atoms with Gasteiger partial charge in [-0.25, -0.2) is 49.7 Å². The Labute approximate surface area is 815 Å². The third kappa shape index (κ3) is 15.8. The molecule has 2 N–H and O–H groups in total. The number of ether oxygens (including phenoxy) is 8. The van der Waals surface area contributed by atoms with Crippen LogP contribution in [-0.2, 0) is 12.8 Å². The Hall–Kier alpha value is -14.3. The number of aryl methyl sites for hydroxylation is 2. The molecule has 0 radical (unpaired) electrons. The van der Waals surface area contributed by atoms with E-state index in [9.17, 15) is 0 Å². The lowest BCUT2D eigenvalue weighted by atomic mass is 9.76. The number of aromatic amines is 2. The fourth-order valence-corrected chi connectivity index (χ4v) is 22.8. The zero-order valence-corrected chi connectivity index (χ0v) is 82.8. The second-order valence-electron chi connectivity index (χ2n) is 38.6. The van der Waals surface area contributed by atoms with E-state index in [2.05, 4.69) is 89.6 Å². The van der Waals surface area contributed by atoms with Crippen LogP contribution in [0.2, 0.25) is 0 Å². The number of carbonyl (C=O) groups excluding carboxylic acids is 4. The van der Waals surface area contributed by atoms with E-state index in [1.807, 2.05) is 128 Å². The first-order chi connectivity index (χ1) is 68.0. The molecule has 8 bridgehead atoms. The highest BCUT2D eigenvalue weighted by Crippen LogP contribution is 2.61.